The van der Waals surface area contributed by atoms with E-state index in [1.165, 1.54) is 11.1 Å². The summed E-state index contributed by atoms with van der Waals surface area (Å²) in [6.45, 7) is 7.82. The molecule has 2 aliphatic rings. The Balaban J connectivity index is 1.34. The zero-order valence-corrected chi connectivity index (χ0v) is 29.7. The first kappa shape index (κ1) is 36.7. The fraction of sp³-hybridized carbons (Fsp3) is 0.459. The molecule has 4 amide bonds. The van der Waals surface area contributed by atoms with Crippen molar-refractivity contribution in [2.24, 2.45) is 5.92 Å². The van der Waals surface area contributed by atoms with Crippen molar-refractivity contribution >= 4 is 45.9 Å². The number of benzene rings is 2. The molecule has 3 aromatic rings. The molecule has 266 valence electrons. The lowest BCUT2D eigenvalue weighted by Crippen LogP contribution is -2.57. The molecule has 13 heteroatoms. The Morgan fingerprint density at radius 1 is 1.00 bits per heavy atom. The summed E-state index contributed by atoms with van der Waals surface area (Å²) in [6, 6.07) is 14.9. The second-order valence-corrected chi connectivity index (χ2v) is 14.8. The van der Waals surface area contributed by atoms with Crippen molar-refractivity contribution in [2.75, 3.05) is 12.3 Å². The van der Waals surface area contributed by atoms with E-state index in [1.807, 2.05) is 81.4 Å². The first-order chi connectivity index (χ1) is 23.8. The van der Waals surface area contributed by atoms with Crippen LogP contribution < -0.4 is 21.7 Å². The Bertz CT molecular complexity index is 1680. The zero-order chi connectivity index (χ0) is 36.0. The Hall–Kier alpha value is -4.62. The van der Waals surface area contributed by atoms with E-state index in [-0.39, 0.29) is 41.0 Å². The lowest BCUT2D eigenvalue weighted by molar-refractivity contribution is -0.142. The zero-order valence-electron chi connectivity index (χ0n) is 28.9. The third-order valence-electron chi connectivity index (χ3n) is 9.20. The van der Waals surface area contributed by atoms with Crippen LogP contribution in [0.3, 0.4) is 0 Å². The quantitative estimate of drug-likeness (QED) is 0.165. The molecular formula is C37H46N6O6S. The van der Waals surface area contributed by atoms with Crippen molar-refractivity contribution in [1.29, 1.82) is 0 Å². The first-order valence-corrected chi connectivity index (χ1v) is 17.9. The van der Waals surface area contributed by atoms with Gasteiger partial charge in [0.25, 0.3) is 5.91 Å². The average molecular weight is 703 g/mol. The fourth-order valence-electron chi connectivity index (χ4n) is 6.40. The second kappa shape index (κ2) is 15.9. The minimum atomic E-state index is -0.958. The van der Waals surface area contributed by atoms with E-state index < -0.39 is 59.4 Å². The summed E-state index contributed by atoms with van der Waals surface area (Å²) in [7, 11) is 0. The first-order valence-electron chi connectivity index (χ1n) is 17.1. The van der Waals surface area contributed by atoms with Crippen LogP contribution in [0.25, 0.3) is 0 Å². The van der Waals surface area contributed by atoms with Gasteiger partial charge < -0.3 is 31.3 Å². The minimum Gasteiger partial charge on any atom is -0.375 e. The highest BCUT2D eigenvalue weighted by molar-refractivity contribution is 7.17. The Kier molecular flexibility index (Phi) is 11.7. The van der Waals surface area contributed by atoms with Gasteiger partial charge in [-0.15, -0.1) is 0 Å². The van der Waals surface area contributed by atoms with Gasteiger partial charge in [-0.25, -0.2) is 4.98 Å². The average Bonchev–Trinajstić information content (AvgIpc) is 3.59. The number of nitrogens with two attached hydrogens (primary N) is 1. The number of aryl methyl sites for hydroxylation is 1. The third kappa shape index (κ3) is 9.13. The van der Waals surface area contributed by atoms with Gasteiger partial charge in [-0.3, -0.25) is 24.0 Å². The number of amides is 4. The molecule has 0 spiro atoms. The number of epoxide rings is 1. The molecule has 6 atom stereocenters. The van der Waals surface area contributed by atoms with Crippen molar-refractivity contribution in [3.05, 3.63) is 82.9 Å². The van der Waals surface area contributed by atoms with Crippen molar-refractivity contribution in [3.8, 4) is 0 Å². The number of anilines is 1. The lowest BCUT2D eigenvalue weighted by atomic mass is 9.92. The van der Waals surface area contributed by atoms with Crippen LogP contribution in [0, 0.1) is 5.92 Å². The molecule has 0 saturated carbocycles. The van der Waals surface area contributed by atoms with Crippen LogP contribution in [-0.4, -0.2) is 81.7 Å². The molecule has 2 aromatic carbocycles. The van der Waals surface area contributed by atoms with Gasteiger partial charge in [0.2, 0.25) is 17.7 Å². The summed E-state index contributed by atoms with van der Waals surface area (Å²) in [5.74, 6) is -1.92. The Labute approximate surface area is 296 Å². The largest absolute Gasteiger partial charge is 0.375 e. The second-order valence-electron chi connectivity index (χ2n) is 13.8. The number of thiazole rings is 1. The third-order valence-corrected chi connectivity index (χ3v) is 10.0. The number of carbonyl (C=O) groups excluding carboxylic acids is 5. The number of aromatic nitrogens is 1. The van der Waals surface area contributed by atoms with E-state index in [2.05, 4.69) is 20.9 Å². The SMILES string of the molecule is CC(C)CC(NC(=O)C(Cc1ccccc1)N1C(=O)C(NC(=O)C(CCc2ccccc2)NC(=O)c2cnc(N)s2)CC1C)C(=O)C1(C)CO1. The number of nitrogens with one attached hydrogen (secondary N) is 3. The molecule has 0 radical (unpaired) electrons. The minimum absolute atomic E-state index is 0.120. The number of nitrogen functional groups attached to an aromatic ring is 1. The maximum atomic E-state index is 14.1. The molecule has 2 fully saturated rings. The number of likely N-dealkylation sites (tertiary alicyclic amines) is 1. The smallest absolute Gasteiger partial charge is 0.263 e. The van der Waals surface area contributed by atoms with Crippen molar-refractivity contribution in [2.45, 2.75) is 95.6 Å². The van der Waals surface area contributed by atoms with Crippen LogP contribution >= 0.6 is 11.3 Å². The molecule has 2 saturated heterocycles. The molecule has 0 bridgehead atoms. The van der Waals surface area contributed by atoms with Crippen molar-refractivity contribution in [1.82, 2.24) is 25.8 Å². The Morgan fingerprint density at radius 2 is 1.64 bits per heavy atom. The van der Waals surface area contributed by atoms with Crippen LogP contribution in [0.15, 0.2) is 66.9 Å². The summed E-state index contributed by atoms with van der Waals surface area (Å²) < 4.78 is 5.41. The molecule has 50 heavy (non-hydrogen) atoms. The van der Waals surface area contributed by atoms with Gasteiger partial charge in [-0.05, 0) is 56.6 Å². The number of ether oxygens (including phenoxy) is 1. The van der Waals surface area contributed by atoms with Crippen LogP contribution in [0.4, 0.5) is 5.13 Å². The molecule has 5 N–H and O–H groups in total. The van der Waals surface area contributed by atoms with E-state index in [0.717, 1.165) is 22.5 Å². The summed E-state index contributed by atoms with van der Waals surface area (Å²) >= 11 is 1.01. The molecule has 6 unspecified atom stereocenters. The molecule has 0 aliphatic carbocycles. The molecule has 1 aromatic heterocycles. The monoisotopic (exact) mass is 702 g/mol. The van der Waals surface area contributed by atoms with E-state index in [1.54, 1.807) is 6.92 Å². The Morgan fingerprint density at radius 3 is 2.22 bits per heavy atom. The van der Waals surface area contributed by atoms with Crippen LogP contribution in [0.5, 0.6) is 0 Å². The molecule has 2 aliphatic heterocycles. The van der Waals surface area contributed by atoms with Crippen LogP contribution in [0.1, 0.15) is 67.8 Å². The summed E-state index contributed by atoms with van der Waals surface area (Å²) in [4.78, 5) is 74.3. The predicted molar refractivity (Wildman–Crippen MR) is 190 cm³/mol. The lowest BCUT2D eigenvalue weighted by Gasteiger charge is -2.33. The van der Waals surface area contributed by atoms with Crippen LogP contribution in [-0.2, 0) is 36.8 Å². The van der Waals surface area contributed by atoms with E-state index in [4.69, 9.17) is 10.5 Å². The topological polar surface area (TPSA) is 176 Å². The molecule has 3 heterocycles. The van der Waals surface area contributed by atoms with Gasteiger partial charge in [0.1, 0.15) is 28.6 Å². The number of Topliss-reactive ketones (excluding diaryl/α,β-unsaturated/α-hetero) is 1. The maximum absolute atomic E-state index is 14.1. The molecule has 12 nitrogen and oxygen atoms in total. The highest BCUT2D eigenvalue weighted by atomic mass is 32.1. The maximum Gasteiger partial charge on any atom is 0.263 e. The number of hydrogen-bond acceptors (Lipinski definition) is 9. The molecule has 5 rings (SSSR count). The fourth-order valence-corrected chi connectivity index (χ4v) is 6.99. The summed E-state index contributed by atoms with van der Waals surface area (Å²) in [6.07, 6.45) is 3.04. The van der Waals surface area contributed by atoms with Crippen molar-refractivity contribution < 1.29 is 28.7 Å². The van der Waals surface area contributed by atoms with Gasteiger partial charge in [0.05, 0.1) is 18.8 Å². The van der Waals surface area contributed by atoms with Crippen LogP contribution in [0.2, 0.25) is 0 Å². The van der Waals surface area contributed by atoms with Gasteiger partial charge in [0, 0.05) is 12.5 Å². The number of hydrogen-bond donors (Lipinski definition) is 4. The van der Waals surface area contributed by atoms with E-state index >= 15 is 0 Å². The standard InChI is InChI=1S/C37H46N6O6S/c1-22(2)17-27(31(44)37(4)21-49-37)41-33(46)29(19-25-13-9-6-10-14-25)43-23(3)18-28(35(43)48)42-32(45)26(16-15-24-11-7-5-8-12-24)40-34(47)30-20-39-36(38)50-30/h5-14,20,22-23,26-29H,15-19,21H2,1-4H3,(H2,38,39)(H,40,47)(H,41,46)(H,42,45). The number of carbonyl (C=O) groups is 5. The number of rotatable bonds is 16. The highest BCUT2D eigenvalue weighted by Crippen LogP contribution is 2.30. The predicted octanol–water partition coefficient (Wildman–Crippen LogP) is 3.06. The molecular weight excluding hydrogens is 657 g/mol. The number of ketones is 1. The van der Waals surface area contributed by atoms with E-state index in [0.29, 0.717) is 19.4 Å². The van der Waals surface area contributed by atoms with Gasteiger partial charge in [0.15, 0.2) is 10.9 Å². The normalized spacial score (nSPS) is 21.7. The van der Waals surface area contributed by atoms with E-state index in [9.17, 15) is 24.0 Å². The van der Waals surface area contributed by atoms with Gasteiger partial charge in [-0.1, -0.05) is 85.8 Å². The highest BCUT2D eigenvalue weighted by Gasteiger charge is 2.51. The number of nitrogens with zero attached hydrogens (tertiary/aromatic N) is 2. The van der Waals surface area contributed by atoms with Gasteiger partial charge >= 0.3 is 0 Å². The summed E-state index contributed by atoms with van der Waals surface area (Å²) in [5, 5.41) is 8.87. The van der Waals surface area contributed by atoms with Gasteiger partial charge in [-0.2, -0.15) is 0 Å². The summed E-state index contributed by atoms with van der Waals surface area (Å²) in [5.41, 5.74) is 6.64. The van der Waals surface area contributed by atoms with Crippen molar-refractivity contribution in [3.63, 3.8) is 0 Å².